The molecule has 8 nitrogen and oxygen atoms in total. The van der Waals surface area contributed by atoms with Crippen LogP contribution in [0.4, 0.5) is 0 Å². The van der Waals surface area contributed by atoms with Crippen LogP contribution in [0.15, 0.2) is 122 Å². The zero-order chi connectivity index (χ0) is 38.0. The number of hydrogen-bond acceptors (Lipinski definition) is 6. The Morgan fingerprint density at radius 1 is 0.456 bits per heavy atom. The molecule has 0 radical (unpaired) electrons. The topological polar surface area (TPSA) is 109 Å². The van der Waals surface area contributed by atoms with E-state index in [2.05, 4.69) is 95.4 Å². The van der Waals surface area contributed by atoms with Crippen LogP contribution in [-0.4, -0.2) is 39.9 Å². The Labute approximate surface area is 326 Å². The van der Waals surface area contributed by atoms with Crippen LogP contribution in [0.3, 0.4) is 0 Å². The van der Waals surface area contributed by atoms with Gasteiger partial charge in [0.05, 0.1) is 0 Å². The quantitative estimate of drug-likeness (QED) is 0.183. The molecule has 0 aliphatic carbocycles. The predicted molar refractivity (Wildman–Crippen MR) is 236 cm³/mol. The maximum Gasteiger partial charge on any atom is 0.164 e. The van der Waals surface area contributed by atoms with E-state index in [0.29, 0.717) is 45.9 Å². The number of nitrogens with zero attached hydrogens (tertiary/aromatic N) is 6. The summed E-state index contributed by atoms with van der Waals surface area (Å²) >= 11 is 0. The third kappa shape index (κ3) is 5.54. The second-order valence-electron chi connectivity index (χ2n) is 14.2. The van der Waals surface area contributed by atoms with Gasteiger partial charge in [0.25, 0.3) is 0 Å². The van der Waals surface area contributed by atoms with Crippen LogP contribution in [0.1, 0.15) is 40.8 Å². The smallest absolute Gasteiger partial charge is 0.164 e. The lowest BCUT2D eigenvalue weighted by Gasteiger charge is -2.06. The van der Waals surface area contributed by atoms with Crippen molar-refractivity contribution < 1.29 is 0 Å². The molecule has 3 aromatic heterocycles. The van der Waals surface area contributed by atoms with Gasteiger partial charge in [-0.3, -0.25) is 0 Å². The summed E-state index contributed by atoms with van der Waals surface area (Å²) in [4.78, 5) is 38.5. The van der Waals surface area contributed by atoms with Gasteiger partial charge in [-0.2, -0.15) is 0 Å². The fourth-order valence-corrected chi connectivity index (χ4v) is 7.91. The molecular formula is C49H32N8. The SMILES string of the molecule is C=Cc1cc2c(cc1/C=C\C)-c1nc-2nc2[nH]c(nc3nc(nc4[nH]c(n1)c1cc5ccccc5cc41)/C=C/c1ccccc1/C=C/3)c1cc3ccccc3cc21. The maximum atomic E-state index is 5.29. The van der Waals surface area contributed by atoms with Gasteiger partial charge in [0, 0.05) is 32.7 Å². The number of nitrogens with one attached hydrogen (secondary N) is 2. The second-order valence-corrected chi connectivity index (χ2v) is 14.2. The Hall–Kier alpha value is -7.84. The van der Waals surface area contributed by atoms with Crippen LogP contribution in [0.5, 0.6) is 0 Å². The Kier molecular flexibility index (Phi) is 7.37. The lowest BCUT2D eigenvalue weighted by Crippen LogP contribution is -1.90. The summed E-state index contributed by atoms with van der Waals surface area (Å²) in [5.41, 5.74) is 8.34. The maximum absolute atomic E-state index is 5.29. The average Bonchev–Trinajstić information content (AvgIpc) is 3.88. The summed E-state index contributed by atoms with van der Waals surface area (Å²) in [5, 5.41) is 8.04. The molecule has 2 aliphatic rings. The minimum atomic E-state index is 0.475. The highest BCUT2D eigenvalue weighted by Crippen LogP contribution is 2.38. The van der Waals surface area contributed by atoms with Crippen molar-refractivity contribution in [3.63, 3.8) is 0 Å². The number of hydrogen-bond donors (Lipinski definition) is 2. The molecule has 268 valence electrons. The molecule has 0 saturated heterocycles. The van der Waals surface area contributed by atoms with Crippen molar-refractivity contribution in [2.75, 3.05) is 0 Å². The fourth-order valence-electron chi connectivity index (χ4n) is 7.91. The zero-order valence-electron chi connectivity index (χ0n) is 30.8. The fraction of sp³-hybridized carbons (Fsp3) is 0.0204. The van der Waals surface area contributed by atoms with Gasteiger partial charge in [0.1, 0.15) is 22.6 Å². The molecule has 57 heavy (non-hydrogen) atoms. The molecule has 0 amide bonds. The van der Waals surface area contributed by atoms with E-state index < -0.39 is 0 Å². The van der Waals surface area contributed by atoms with Crippen molar-refractivity contribution in [1.29, 1.82) is 0 Å². The Morgan fingerprint density at radius 3 is 1.32 bits per heavy atom. The monoisotopic (exact) mass is 732 g/mol. The third-order valence-electron chi connectivity index (χ3n) is 10.7. The number of aromatic nitrogens is 8. The molecule has 2 N–H and O–H groups in total. The first kappa shape index (κ1) is 32.6. The van der Waals surface area contributed by atoms with Crippen LogP contribution in [0.25, 0.3) is 125 Å². The highest BCUT2D eigenvalue weighted by Gasteiger charge is 2.22. The van der Waals surface area contributed by atoms with Crippen LogP contribution < -0.4 is 0 Å². The number of aromatic amines is 2. The van der Waals surface area contributed by atoms with E-state index in [9.17, 15) is 0 Å². The summed E-state index contributed by atoms with van der Waals surface area (Å²) in [5.74, 6) is 2.03. The number of allylic oxidation sites excluding steroid dienone is 1. The first-order valence-corrected chi connectivity index (χ1v) is 18.8. The predicted octanol–water partition coefficient (Wildman–Crippen LogP) is 11.9. The van der Waals surface area contributed by atoms with Gasteiger partial charge in [-0.15, -0.1) is 0 Å². The molecular weight excluding hydrogens is 701 g/mol. The van der Waals surface area contributed by atoms with E-state index in [1.807, 2.05) is 79.8 Å². The Balaban J connectivity index is 1.34. The largest absolute Gasteiger partial charge is 0.324 e. The Morgan fingerprint density at radius 2 is 0.877 bits per heavy atom. The molecule has 0 spiro atoms. The zero-order valence-corrected chi connectivity index (χ0v) is 30.8. The third-order valence-corrected chi connectivity index (χ3v) is 10.7. The molecule has 0 atom stereocenters. The first-order chi connectivity index (χ1) is 28.1. The van der Waals surface area contributed by atoms with Gasteiger partial charge in [-0.1, -0.05) is 110 Å². The Bertz CT molecular complexity index is 3450. The standard InChI is InChI=1S/C49H32N8/c1-3-11-31-23-39-36(22-28(31)4-2)46-55-47-40-26-34-16-9-7-14-32(34)24-37(40)44(53-47)51-42-20-18-29-12-5-6-13-30(29)19-21-43(50-42)52-45-38-25-33-15-8-10-17-35(33)27-41(38)48(54-45)57-49(39)56-46/h3-27H,2H2,1H3,(H2,50,51,52,53,54,55,56,57)/b11-3-. The number of benzene rings is 6. The summed E-state index contributed by atoms with van der Waals surface area (Å²) in [7, 11) is 0. The van der Waals surface area contributed by atoms with Crippen LogP contribution in [0, 0.1) is 0 Å². The van der Waals surface area contributed by atoms with Crippen LogP contribution in [-0.2, 0) is 0 Å². The molecule has 8 bridgehead atoms. The molecule has 0 fully saturated rings. The minimum Gasteiger partial charge on any atom is -0.324 e. The highest BCUT2D eigenvalue weighted by molar-refractivity contribution is 6.12. The van der Waals surface area contributed by atoms with Crippen molar-refractivity contribution in [1.82, 2.24) is 39.9 Å². The van der Waals surface area contributed by atoms with Gasteiger partial charge < -0.3 is 9.97 Å². The lowest BCUT2D eigenvalue weighted by atomic mass is 9.98. The molecule has 9 aromatic rings. The molecule has 5 heterocycles. The van der Waals surface area contributed by atoms with Crippen LogP contribution >= 0.6 is 0 Å². The van der Waals surface area contributed by atoms with Crippen LogP contribution in [0.2, 0.25) is 0 Å². The van der Waals surface area contributed by atoms with Gasteiger partial charge >= 0.3 is 0 Å². The first-order valence-electron chi connectivity index (χ1n) is 18.8. The highest BCUT2D eigenvalue weighted by atomic mass is 15.0. The lowest BCUT2D eigenvalue weighted by molar-refractivity contribution is 1.11. The van der Waals surface area contributed by atoms with Gasteiger partial charge in [-0.05, 0) is 99.3 Å². The molecule has 11 rings (SSSR count). The van der Waals surface area contributed by atoms with Gasteiger partial charge in [-0.25, -0.2) is 29.9 Å². The van der Waals surface area contributed by atoms with E-state index in [0.717, 1.165) is 76.5 Å². The molecule has 0 saturated carbocycles. The van der Waals surface area contributed by atoms with Gasteiger partial charge in [0.2, 0.25) is 0 Å². The van der Waals surface area contributed by atoms with Gasteiger partial charge in [0.15, 0.2) is 23.3 Å². The number of H-pyrrole nitrogens is 2. The van der Waals surface area contributed by atoms with Crippen molar-refractivity contribution in [2.45, 2.75) is 6.92 Å². The average molecular weight is 733 g/mol. The summed E-state index contributed by atoms with van der Waals surface area (Å²) in [6.45, 7) is 6.14. The van der Waals surface area contributed by atoms with E-state index in [1.165, 1.54) is 0 Å². The van der Waals surface area contributed by atoms with Crippen molar-refractivity contribution in [2.24, 2.45) is 0 Å². The molecule has 2 aliphatic heterocycles. The second kappa shape index (κ2) is 12.9. The van der Waals surface area contributed by atoms with E-state index in [-0.39, 0.29) is 0 Å². The summed E-state index contributed by atoms with van der Waals surface area (Å²) in [6.07, 6.45) is 13.9. The molecule has 0 unspecified atom stereocenters. The van der Waals surface area contributed by atoms with E-state index in [4.69, 9.17) is 29.9 Å². The minimum absolute atomic E-state index is 0.475. The summed E-state index contributed by atoms with van der Waals surface area (Å²) in [6, 6.07) is 37.7. The van der Waals surface area contributed by atoms with E-state index >= 15 is 0 Å². The summed E-state index contributed by atoms with van der Waals surface area (Å²) < 4.78 is 0. The van der Waals surface area contributed by atoms with Crippen molar-refractivity contribution >= 4 is 102 Å². The number of rotatable bonds is 2. The van der Waals surface area contributed by atoms with Crippen molar-refractivity contribution in [3.8, 4) is 22.8 Å². The normalized spacial score (nSPS) is 13.6. The number of fused-ring (bicyclic) bond motifs is 20. The molecule has 6 aromatic carbocycles. The molecule has 8 heteroatoms. The van der Waals surface area contributed by atoms with Crippen molar-refractivity contribution in [3.05, 3.63) is 156 Å². The van der Waals surface area contributed by atoms with E-state index in [1.54, 1.807) is 0 Å².